The Kier molecular flexibility index (Phi) is 6.95. The van der Waals surface area contributed by atoms with E-state index in [0.717, 1.165) is 49.9 Å². The Balaban J connectivity index is 1.05. The summed E-state index contributed by atoms with van der Waals surface area (Å²) in [6, 6.07) is 2.94. The first-order valence-electron chi connectivity index (χ1n) is 13.0. The summed E-state index contributed by atoms with van der Waals surface area (Å²) in [5, 5.41) is 20.1. The van der Waals surface area contributed by atoms with Crippen LogP contribution in [0.25, 0.3) is 0 Å². The number of hydrogen-bond donors (Lipinski definition) is 2. The van der Waals surface area contributed by atoms with Crippen molar-refractivity contribution in [3.63, 3.8) is 0 Å². The van der Waals surface area contributed by atoms with Crippen molar-refractivity contribution in [2.24, 2.45) is 0 Å². The molecule has 4 heterocycles. The highest BCUT2D eigenvalue weighted by atomic mass is 16.3. The van der Waals surface area contributed by atoms with Crippen molar-refractivity contribution in [1.82, 2.24) is 0 Å². The van der Waals surface area contributed by atoms with E-state index in [4.69, 9.17) is 0 Å². The topological polar surface area (TPSA) is 40.5 Å². The van der Waals surface area contributed by atoms with E-state index in [1.54, 1.807) is 0 Å². The molecule has 29 heavy (non-hydrogen) atoms. The Hall–Kier alpha value is -0.160. The summed E-state index contributed by atoms with van der Waals surface area (Å²) >= 11 is 0. The first kappa shape index (κ1) is 22.0. The summed E-state index contributed by atoms with van der Waals surface area (Å²) < 4.78 is 2.54. The Bertz CT molecular complexity index is 465. The highest BCUT2D eigenvalue weighted by Gasteiger charge is 2.51. The van der Waals surface area contributed by atoms with E-state index in [9.17, 15) is 10.2 Å². The van der Waals surface area contributed by atoms with Crippen molar-refractivity contribution in [3.8, 4) is 0 Å². The van der Waals surface area contributed by atoms with Gasteiger partial charge in [-0.1, -0.05) is 19.3 Å². The van der Waals surface area contributed by atoms with Crippen molar-refractivity contribution in [2.75, 3.05) is 27.2 Å². The van der Waals surface area contributed by atoms with Gasteiger partial charge in [-0.2, -0.15) is 0 Å². The molecule has 0 aliphatic carbocycles. The SMILES string of the molecule is C[N+]1(CCCCCCCCC[N+]2(C)[C@@H]3CC[C@H]2CC(O)C3)[C@@H]2CC[C@H]1CC(O)C2. The van der Waals surface area contributed by atoms with E-state index in [1.165, 1.54) is 92.7 Å². The zero-order valence-corrected chi connectivity index (χ0v) is 19.3. The fourth-order valence-electron chi connectivity index (χ4n) is 7.95. The van der Waals surface area contributed by atoms with Crippen LogP contribution in [0.4, 0.5) is 0 Å². The number of quaternary nitrogens is 2. The van der Waals surface area contributed by atoms with Gasteiger partial charge in [0.1, 0.15) is 0 Å². The fourth-order valence-corrected chi connectivity index (χ4v) is 7.95. The lowest BCUT2D eigenvalue weighted by atomic mass is 9.95. The van der Waals surface area contributed by atoms with Crippen molar-refractivity contribution >= 4 is 0 Å². The Morgan fingerprint density at radius 2 is 0.793 bits per heavy atom. The highest BCUT2D eigenvalue weighted by molar-refractivity contribution is 4.86. The van der Waals surface area contributed by atoms with Crippen LogP contribution in [0.3, 0.4) is 0 Å². The lowest BCUT2D eigenvalue weighted by Gasteiger charge is -2.46. The molecule has 4 aliphatic heterocycles. The van der Waals surface area contributed by atoms with Gasteiger partial charge in [-0.3, -0.25) is 0 Å². The van der Waals surface area contributed by atoms with Gasteiger partial charge in [0.25, 0.3) is 0 Å². The minimum atomic E-state index is -0.0200. The van der Waals surface area contributed by atoms with Crippen molar-refractivity contribution in [3.05, 3.63) is 0 Å². The molecule has 4 bridgehead atoms. The lowest BCUT2D eigenvalue weighted by Crippen LogP contribution is -2.58. The Morgan fingerprint density at radius 1 is 0.517 bits per heavy atom. The van der Waals surface area contributed by atoms with Crippen molar-refractivity contribution in [1.29, 1.82) is 0 Å². The molecule has 4 saturated heterocycles. The van der Waals surface area contributed by atoms with E-state index < -0.39 is 0 Å². The molecule has 168 valence electrons. The molecular formula is C25H48N2O2+2. The fraction of sp³-hybridized carbons (Fsp3) is 1.00. The molecule has 4 aliphatic rings. The van der Waals surface area contributed by atoms with Crippen LogP contribution in [-0.2, 0) is 0 Å². The Morgan fingerprint density at radius 3 is 1.10 bits per heavy atom. The van der Waals surface area contributed by atoms with Crippen molar-refractivity contribution in [2.45, 2.75) is 133 Å². The van der Waals surface area contributed by atoms with Gasteiger partial charge in [-0.05, 0) is 25.7 Å². The molecule has 0 radical (unpaired) electrons. The highest BCUT2D eigenvalue weighted by Crippen LogP contribution is 2.42. The van der Waals surface area contributed by atoms with Gasteiger partial charge in [0.05, 0.1) is 63.6 Å². The maximum absolute atomic E-state index is 10.1. The van der Waals surface area contributed by atoms with E-state index in [-0.39, 0.29) is 12.2 Å². The zero-order chi connectivity index (χ0) is 20.5. The predicted octanol–water partition coefficient (Wildman–Crippen LogP) is 3.98. The third-order valence-electron chi connectivity index (χ3n) is 9.96. The van der Waals surface area contributed by atoms with Crippen LogP contribution in [0.1, 0.15) is 96.3 Å². The first-order chi connectivity index (χ1) is 13.9. The summed E-state index contributed by atoms with van der Waals surface area (Å²) in [5.74, 6) is 0. The van der Waals surface area contributed by atoms with Gasteiger partial charge >= 0.3 is 0 Å². The van der Waals surface area contributed by atoms with E-state index in [2.05, 4.69) is 14.1 Å². The molecule has 0 aromatic rings. The number of nitrogens with zero attached hydrogens (tertiary/aromatic N) is 2. The second-order valence-electron chi connectivity index (χ2n) is 11.6. The van der Waals surface area contributed by atoms with Gasteiger partial charge in [0, 0.05) is 51.4 Å². The first-order valence-corrected chi connectivity index (χ1v) is 13.0. The van der Waals surface area contributed by atoms with Crippen molar-refractivity contribution < 1.29 is 19.2 Å². The number of hydrogen-bond acceptors (Lipinski definition) is 2. The molecule has 0 aromatic carbocycles. The number of unbranched alkanes of at least 4 members (excludes halogenated alkanes) is 6. The molecule has 0 amide bonds. The third kappa shape index (κ3) is 4.56. The molecule has 4 nitrogen and oxygen atoms in total. The number of aliphatic hydroxyl groups excluding tert-OH is 2. The normalized spacial score (nSPS) is 46.3. The van der Waals surface area contributed by atoms with Crippen LogP contribution in [0.2, 0.25) is 0 Å². The average molecular weight is 409 g/mol. The summed E-state index contributed by atoms with van der Waals surface area (Å²) in [6.07, 6.45) is 19.3. The van der Waals surface area contributed by atoms with Gasteiger partial charge in [-0.15, -0.1) is 0 Å². The number of fused-ring (bicyclic) bond motifs is 4. The number of rotatable bonds is 10. The molecule has 0 saturated carbocycles. The predicted molar refractivity (Wildman–Crippen MR) is 119 cm³/mol. The van der Waals surface area contributed by atoms with Crippen LogP contribution < -0.4 is 0 Å². The molecule has 4 heteroatoms. The van der Waals surface area contributed by atoms with Gasteiger partial charge in [0.15, 0.2) is 0 Å². The molecule has 4 rings (SSSR count). The maximum Gasteiger partial charge on any atom is 0.0917 e. The second kappa shape index (κ2) is 9.14. The summed E-state index contributed by atoms with van der Waals surface area (Å²) in [4.78, 5) is 0. The number of piperidine rings is 2. The average Bonchev–Trinajstić information content (AvgIpc) is 2.95. The zero-order valence-electron chi connectivity index (χ0n) is 19.3. The summed E-state index contributed by atoms with van der Waals surface area (Å²) in [7, 11) is 4.95. The van der Waals surface area contributed by atoms with Crippen LogP contribution in [0.5, 0.6) is 0 Å². The number of aliphatic hydroxyl groups is 2. The monoisotopic (exact) mass is 408 g/mol. The largest absolute Gasteiger partial charge is 0.393 e. The smallest absolute Gasteiger partial charge is 0.0917 e. The summed E-state index contributed by atoms with van der Waals surface area (Å²) in [5.41, 5.74) is 0. The molecular weight excluding hydrogens is 360 g/mol. The standard InChI is InChI=1S/C25H48N2O2/c1-26(20-10-11-21(26)17-24(28)16-20)14-8-6-4-3-5-7-9-15-27(2)22-12-13-23(27)19-25(29)18-22/h20-25,28-29H,3-19H2,1-2H3/q+2/t20-,21+,22-,23+,24?,25?,26?,27?. The minimum absolute atomic E-state index is 0.0200. The second-order valence-corrected chi connectivity index (χ2v) is 11.6. The quantitative estimate of drug-likeness (QED) is 0.424. The Labute approximate surface area is 179 Å². The van der Waals surface area contributed by atoms with Gasteiger partial charge in [-0.25, -0.2) is 0 Å². The van der Waals surface area contributed by atoms with Gasteiger partial charge in [0.2, 0.25) is 0 Å². The molecule has 0 aromatic heterocycles. The molecule has 4 unspecified atom stereocenters. The van der Waals surface area contributed by atoms with Crippen LogP contribution in [0.15, 0.2) is 0 Å². The van der Waals surface area contributed by atoms with Gasteiger partial charge < -0.3 is 19.2 Å². The molecule has 2 N–H and O–H groups in total. The molecule has 8 atom stereocenters. The maximum atomic E-state index is 10.1. The van der Waals surface area contributed by atoms with E-state index >= 15 is 0 Å². The van der Waals surface area contributed by atoms with E-state index in [1.807, 2.05) is 0 Å². The van der Waals surface area contributed by atoms with Crippen LogP contribution in [-0.4, -0.2) is 82.7 Å². The molecule has 4 fully saturated rings. The summed E-state index contributed by atoms with van der Waals surface area (Å²) in [6.45, 7) is 2.68. The van der Waals surface area contributed by atoms with E-state index in [0.29, 0.717) is 0 Å². The van der Waals surface area contributed by atoms with Crippen LogP contribution in [0, 0.1) is 0 Å². The minimum Gasteiger partial charge on any atom is -0.393 e. The lowest BCUT2D eigenvalue weighted by molar-refractivity contribution is -0.949. The third-order valence-corrected chi connectivity index (χ3v) is 9.96. The molecule has 0 spiro atoms. The van der Waals surface area contributed by atoms with Crippen LogP contribution >= 0.6 is 0 Å².